The second-order valence-electron chi connectivity index (χ2n) is 6.45. The van der Waals surface area contributed by atoms with Gasteiger partial charge in [-0.05, 0) is 18.1 Å². The van der Waals surface area contributed by atoms with Crippen LogP contribution >= 0.6 is 24.8 Å². The van der Waals surface area contributed by atoms with E-state index in [2.05, 4.69) is 5.32 Å². The molecule has 1 aromatic carbocycles. The van der Waals surface area contributed by atoms with E-state index in [1.807, 2.05) is 13.8 Å². The standard InChI is InChI=1S/C17H24F2N4O2.2ClH/c1-11(2)16(20)17(25)21-10-15(24)23-7-5-22(6-8-23)14-9-12(18)3-4-13(14)19;;/h3-4,9,11,16H,5-8,10,20H2,1-2H3,(H,21,25);2*1H/t16-;;/m0../s1. The quantitative estimate of drug-likeness (QED) is 0.748. The first-order chi connectivity index (χ1) is 11.8. The van der Waals surface area contributed by atoms with Crippen molar-refractivity contribution < 1.29 is 18.4 Å². The zero-order chi connectivity index (χ0) is 18.6. The van der Waals surface area contributed by atoms with Crippen LogP contribution < -0.4 is 16.0 Å². The molecule has 3 N–H and O–H groups in total. The first kappa shape index (κ1) is 25.4. The fraction of sp³-hybridized carbons (Fsp3) is 0.529. The van der Waals surface area contributed by atoms with Crippen molar-refractivity contribution in [2.45, 2.75) is 19.9 Å². The van der Waals surface area contributed by atoms with Crippen LogP contribution in [-0.2, 0) is 9.59 Å². The van der Waals surface area contributed by atoms with E-state index in [0.717, 1.165) is 18.2 Å². The number of halogens is 4. The molecule has 154 valence electrons. The van der Waals surface area contributed by atoms with Gasteiger partial charge in [-0.3, -0.25) is 9.59 Å². The average molecular weight is 427 g/mol. The van der Waals surface area contributed by atoms with Gasteiger partial charge in [0.2, 0.25) is 11.8 Å². The van der Waals surface area contributed by atoms with Crippen LogP contribution in [0.1, 0.15) is 13.8 Å². The summed E-state index contributed by atoms with van der Waals surface area (Å²) in [6.45, 7) is 5.08. The van der Waals surface area contributed by atoms with Gasteiger partial charge >= 0.3 is 0 Å². The summed E-state index contributed by atoms with van der Waals surface area (Å²) in [7, 11) is 0. The highest BCUT2D eigenvalue weighted by atomic mass is 35.5. The van der Waals surface area contributed by atoms with Gasteiger partial charge in [-0.1, -0.05) is 13.8 Å². The second-order valence-corrected chi connectivity index (χ2v) is 6.45. The zero-order valence-electron chi connectivity index (χ0n) is 15.3. The lowest BCUT2D eigenvalue weighted by Crippen LogP contribution is -2.53. The Morgan fingerprint density at radius 1 is 1.15 bits per heavy atom. The second kappa shape index (κ2) is 11.3. The molecule has 1 aromatic rings. The van der Waals surface area contributed by atoms with Crippen LogP contribution in [0.2, 0.25) is 0 Å². The van der Waals surface area contributed by atoms with E-state index in [-0.39, 0.29) is 54.8 Å². The Morgan fingerprint density at radius 3 is 2.30 bits per heavy atom. The van der Waals surface area contributed by atoms with Gasteiger partial charge < -0.3 is 20.9 Å². The lowest BCUT2D eigenvalue weighted by Gasteiger charge is -2.36. The summed E-state index contributed by atoms with van der Waals surface area (Å²) in [5, 5.41) is 2.54. The molecule has 1 aliphatic heterocycles. The number of hydrogen-bond donors (Lipinski definition) is 2. The fourth-order valence-electron chi connectivity index (χ4n) is 2.62. The van der Waals surface area contributed by atoms with Gasteiger partial charge in [0.25, 0.3) is 0 Å². The minimum atomic E-state index is -0.652. The molecule has 0 bridgehead atoms. The normalized spacial score (nSPS) is 14.9. The van der Waals surface area contributed by atoms with E-state index in [1.165, 1.54) is 0 Å². The van der Waals surface area contributed by atoms with Gasteiger partial charge in [-0.25, -0.2) is 8.78 Å². The van der Waals surface area contributed by atoms with Crippen LogP contribution in [0.25, 0.3) is 0 Å². The molecule has 1 atom stereocenters. The molecule has 0 radical (unpaired) electrons. The summed E-state index contributed by atoms with van der Waals surface area (Å²) in [6, 6.07) is 2.67. The van der Waals surface area contributed by atoms with Gasteiger partial charge in [0.1, 0.15) is 11.6 Å². The highest BCUT2D eigenvalue weighted by Gasteiger charge is 2.24. The van der Waals surface area contributed by atoms with Crippen molar-refractivity contribution >= 4 is 42.3 Å². The SMILES string of the molecule is CC(C)[C@H](N)C(=O)NCC(=O)N1CCN(c2cc(F)ccc2F)CC1.Cl.Cl. The molecule has 2 rings (SSSR count). The van der Waals surface area contributed by atoms with E-state index in [9.17, 15) is 18.4 Å². The van der Waals surface area contributed by atoms with Gasteiger partial charge in [0.15, 0.2) is 0 Å². The molecule has 2 amide bonds. The third-order valence-corrected chi connectivity index (χ3v) is 4.32. The van der Waals surface area contributed by atoms with Gasteiger partial charge in [-0.15, -0.1) is 24.8 Å². The van der Waals surface area contributed by atoms with Crippen LogP contribution in [0.5, 0.6) is 0 Å². The Bertz CT molecular complexity index is 641. The van der Waals surface area contributed by atoms with E-state index < -0.39 is 17.7 Å². The van der Waals surface area contributed by atoms with Gasteiger partial charge in [-0.2, -0.15) is 0 Å². The minimum absolute atomic E-state index is 0. The predicted molar refractivity (Wildman–Crippen MR) is 105 cm³/mol. The molecule has 1 saturated heterocycles. The Balaban J connectivity index is 0.00000338. The number of carbonyl (C=O) groups excluding carboxylic acids is 2. The highest BCUT2D eigenvalue weighted by Crippen LogP contribution is 2.21. The topological polar surface area (TPSA) is 78.7 Å². The van der Waals surface area contributed by atoms with Crippen molar-refractivity contribution in [3.05, 3.63) is 29.8 Å². The van der Waals surface area contributed by atoms with Gasteiger partial charge in [0, 0.05) is 32.2 Å². The van der Waals surface area contributed by atoms with Crippen molar-refractivity contribution in [1.29, 1.82) is 0 Å². The maximum Gasteiger partial charge on any atom is 0.242 e. The number of anilines is 1. The van der Waals surface area contributed by atoms with Gasteiger partial charge in [0.05, 0.1) is 18.3 Å². The summed E-state index contributed by atoms with van der Waals surface area (Å²) in [5.41, 5.74) is 5.92. The van der Waals surface area contributed by atoms with E-state index in [4.69, 9.17) is 5.73 Å². The zero-order valence-corrected chi connectivity index (χ0v) is 16.9. The average Bonchev–Trinajstić information content (AvgIpc) is 2.60. The molecule has 0 unspecified atom stereocenters. The van der Waals surface area contributed by atoms with Crippen molar-refractivity contribution in [2.24, 2.45) is 11.7 Å². The number of nitrogens with two attached hydrogens (primary N) is 1. The Morgan fingerprint density at radius 2 is 1.74 bits per heavy atom. The first-order valence-electron chi connectivity index (χ1n) is 8.30. The number of amides is 2. The molecule has 10 heteroatoms. The van der Waals surface area contributed by atoms with Crippen molar-refractivity contribution in [3.8, 4) is 0 Å². The molecule has 1 aliphatic rings. The van der Waals surface area contributed by atoms with Crippen LogP contribution in [0.4, 0.5) is 14.5 Å². The molecule has 6 nitrogen and oxygen atoms in total. The maximum absolute atomic E-state index is 13.8. The Hall–Kier alpha value is -1.64. The predicted octanol–water partition coefficient (Wildman–Crippen LogP) is 1.56. The Kier molecular flexibility index (Phi) is 10.6. The summed E-state index contributed by atoms with van der Waals surface area (Å²) >= 11 is 0. The fourth-order valence-corrected chi connectivity index (χ4v) is 2.62. The molecule has 1 heterocycles. The molecule has 0 aromatic heterocycles. The number of hydrogen-bond acceptors (Lipinski definition) is 4. The number of carbonyl (C=O) groups is 2. The molecule has 0 aliphatic carbocycles. The van der Waals surface area contributed by atoms with Crippen LogP contribution in [0.15, 0.2) is 18.2 Å². The molecular formula is C17H26Cl2F2N4O2. The molecule has 1 fully saturated rings. The maximum atomic E-state index is 13.8. The molecule has 0 spiro atoms. The number of nitrogens with one attached hydrogen (secondary N) is 1. The smallest absolute Gasteiger partial charge is 0.242 e. The first-order valence-corrected chi connectivity index (χ1v) is 8.30. The van der Waals surface area contributed by atoms with E-state index >= 15 is 0 Å². The van der Waals surface area contributed by atoms with Crippen LogP contribution in [0, 0.1) is 17.6 Å². The van der Waals surface area contributed by atoms with Crippen LogP contribution in [0.3, 0.4) is 0 Å². The summed E-state index contributed by atoms with van der Waals surface area (Å²) in [4.78, 5) is 27.3. The van der Waals surface area contributed by atoms with Crippen molar-refractivity contribution in [1.82, 2.24) is 10.2 Å². The molecule has 0 saturated carbocycles. The minimum Gasteiger partial charge on any atom is -0.366 e. The van der Waals surface area contributed by atoms with Crippen LogP contribution in [-0.4, -0.2) is 55.5 Å². The molecular weight excluding hydrogens is 401 g/mol. The van der Waals surface area contributed by atoms with E-state index in [0.29, 0.717) is 26.2 Å². The third-order valence-electron chi connectivity index (χ3n) is 4.32. The Labute approximate surface area is 170 Å². The summed E-state index contributed by atoms with van der Waals surface area (Å²) < 4.78 is 27.1. The van der Waals surface area contributed by atoms with E-state index in [1.54, 1.807) is 9.80 Å². The third kappa shape index (κ3) is 6.79. The lowest BCUT2D eigenvalue weighted by atomic mass is 10.1. The lowest BCUT2D eigenvalue weighted by molar-refractivity contribution is -0.133. The monoisotopic (exact) mass is 426 g/mol. The summed E-state index contributed by atoms with van der Waals surface area (Å²) in [6.07, 6.45) is 0. The number of piperazine rings is 1. The largest absolute Gasteiger partial charge is 0.366 e. The molecule has 27 heavy (non-hydrogen) atoms. The number of nitrogens with zero attached hydrogens (tertiary/aromatic N) is 2. The van der Waals surface area contributed by atoms with Crippen molar-refractivity contribution in [2.75, 3.05) is 37.6 Å². The summed E-state index contributed by atoms with van der Waals surface area (Å²) in [5.74, 6) is -1.58. The van der Waals surface area contributed by atoms with Crippen molar-refractivity contribution in [3.63, 3.8) is 0 Å². The highest BCUT2D eigenvalue weighted by molar-refractivity contribution is 5.87. The number of rotatable bonds is 5. The number of benzene rings is 1.